The number of nitrogens with two attached hydrogens (primary N) is 1. The van der Waals surface area contributed by atoms with E-state index in [-0.39, 0.29) is 17.3 Å². The van der Waals surface area contributed by atoms with Crippen LogP contribution in [-0.2, 0) is 21.4 Å². The van der Waals surface area contributed by atoms with E-state index in [4.69, 9.17) is 5.73 Å². The molecule has 1 aliphatic heterocycles. The van der Waals surface area contributed by atoms with Crippen molar-refractivity contribution >= 4 is 15.9 Å². The summed E-state index contributed by atoms with van der Waals surface area (Å²) in [7, 11) is -1.93. The Morgan fingerprint density at radius 1 is 1.21 bits per heavy atom. The second kappa shape index (κ2) is 5.28. The van der Waals surface area contributed by atoms with Gasteiger partial charge in [-0.15, -0.1) is 0 Å². The Bertz CT molecular complexity index is 568. The van der Waals surface area contributed by atoms with Gasteiger partial charge in [-0.25, -0.2) is 8.42 Å². The zero-order valence-corrected chi connectivity index (χ0v) is 11.6. The van der Waals surface area contributed by atoms with Crippen molar-refractivity contribution in [2.75, 3.05) is 26.7 Å². The van der Waals surface area contributed by atoms with Crippen molar-refractivity contribution in [3.05, 3.63) is 29.8 Å². The van der Waals surface area contributed by atoms with Gasteiger partial charge in [0.1, 0.15) is 0 Å². The van der Waals surface area contributed by atoms with Gasteiger partial charge in [-0.2, -0.15) is 4.31 Å². The minimum Gasteiger partial charge on any atom is -0.343 e. The zero-order valence-electron chi connectivity index (χ0n) is 10.7. The van der Waals surface area contributed by atoms with E-state index < -0.39 is 10.0 Å². The Morgan fingerprint density at radius 3 is 2.37 bits per heavy atom. The molecule has 0 aromatic heterocycles. The van der Waals surface area contributed by atoms with Crippen LogP contribution in [0.4, 0.5) is 0 Å². The fraction of sp³-hybridized carbons (Fsp3) is 0.417. The second-order valence-corrected chi connectivity index (χ2v) is 6.44. The molecule has 0 atom stereocenters. The van der Waals surface area contributed by atoms with Crippen LogP contribution in [0.1, 0.15) is 5.56 Å². The molecular formula is C12H17N3O3S. The number of rotatable bonds is 3. The Balaban J connectivity index is 2.24. The third kappa shape index (κ3) is 2.78. The predicted molar refractivity (Wildman–Crippen MR) is 70.7 cm³/mol. The van der Waals surface area contributed by atoms with E-state index in [2.05, 4.69) is 0 Å². The molecule has 0 bridgehead atoms. The highest BCUT2D eigenvalue weighted by Crippen LogP contribution is 2.18. The van der Waals surface area contributed by atoms with Gasteiger partial charge in [-0.05, 0) is 17.7 Å². The summed E-state index contributed by atoms with van der Waals surface area (Å²) in [6.07, 6.45) is 0. The summed E-state index contributed by atoms with van der Waals surface area (Å²) in [6, 6.07) is 6.43. The van der Waals surface area contributed by atoms with E-state index in [1.54, 1.807) is 19.2 Å². The van der Waals surface area contributed by atoms with E-state index in [1.807, 2.05) is 0 Å². The lowest BCUT2D eigenvalue weighted by Crippen LogP contribution is -2.50. The highest BCUT2D eigenvalue weighted by atomic mass is 32.2. The molecule has 0 saturated carbocycles. The van der Waals surface area contributed by atoms with Crippen molar-refractivity contribution in [2.24, 2.45) is 5.73 Å². The van der Waals surface area contributed by atoms with Gasteiger partial charge in [0.25, 0.3) is 0 Å². The fourth-order valence-corrected chi connectivity index (χ4v) is 3.27. The van der Waals surface area contributed by atoms with Crippen LogP contribution in [0.15, 0.2) is 29.2 Å². The lowest BCUT2D eigenvalue weighted by atomic mass is 10.2. The molecule has 104 valence electrons. The molecule has 1 amide bonds. The average molecular weight is 283 g/mol. The van der Waals surface area contributed by atoms with Crippen LogP contribution < -0.4 is 5.73 Å². The van der Waals surface area contributed by atoms with Crippen molar-refractivity contribution in [3.63, 3.8) is 0 Å². The zero-order chi connectivity index (χ0) is 14.0. The molecule has 1 aromatic carbocycles. The number of carbonyl (C=O) groups excluding carboxylic acids is 1. The van der Waals surface area contributed by atoms with Crippen LogP contribution in [0, 0.1) is 0 Å². The van der Waals surface area contributed by atoms with Gasteiger partial charge < -0.3 is 10.6 Å². The number of amides is 1. The molecule has 1 aliphatic rings. The topological polar surface area (TPSA) is 83.7 Å². The van der Waals surface area contributed by atoms with Gasteiger partial charge in [0.15, 0.2) is 0 Å². The summed E-state index contributed by atoms with van der Waals surface area (Å²) < 4.78 is 25.9. The maximum atomic E-state index is 12.4. The summed E-state index contributed by atoms with van der Waals surface area (Å²) in [5.74, 6) is -0.187. The van der Waals surface area contributed by atoms with Crippen LogP contribution in [0.25, 0.3) is 0 Å². The van der Waals surface area contributed by atoms with E-state index in [0.29, 0.717) is 19.6 Å². The number of hydrogen-bond donors (Lipinski definition) is 1. The van der Waals surface area contributed by atoms with Crippen molar-refractivity contribution < 1.29 is 13.2 Å². The molecule has 6 nitrogen and oxygen atoms in total. The third-order valence-electron chi connectivity index (χ3n) is 3.22. The van der Waals surface area contributed by atoms with Gasteiger partial charge >= 0.3 is 0 Å². The van der Waals surface area contributed by atoms with E-state index in [0.717, 1.165) is 5.56 Å². The fourth-order valence-electron chi connectivity index (χ4n) is 1.89. The number of carbonyl (C=O) groups is 1. The van der Waals surface area contributed by atoms with Crippen LogP contribution in [0.2, 0.25) is 0 Å². The minimum absolute atomic E-state index is 0.0997. The van der Waals surface area contributed by atoms with Gasteiger partial charge in [-0.3, -0.25) is 4.79 Å². The van der Waals surface area contributed by atoms with E-state index >= 15 is 0 Å². The van der Waals surface area contributed by atoms with Crippen molar-refractivity contribution in [1.82, 2.24) is 9.21 Å². The van der Waals surface area contributed by atoms with Crippen LogP contribution in [-0.4, -0.2) is 50.2 Å². The molecule has 0 unspecified atom stereocenters. The summed E-state index contributed by atoms with van der Waals surface area (Å²) in [5.41, 5.74) is 6.34. The summed E-state index contributed by atoms with van der Waals surface area (Å²) in [6.45, 7) is 1.01. The summed E-state index contributed by atoms with van der Waals surface area (Å²) >= 11 is 0. The predicted octanol–water partition coefficient (Wildman–Crippen LogP) is -0.392. The molecule has 2 N–H and O–H groups in total. The van der Waals surface area contributed by atoms with Gasteiger partial charge in [0.2, 0.25) is 15.9 Å². The first-order valence-electron chi connectivity index (χ1n) is 5.98. The highest BCUT2D eigenvalue weighted by molar-refractivity contribution is 7.89. The molecule has 1 fully saturated rings. The lowest BCUT2D eigenvalue weighted by Gasteiger charge is -2.31. The first-order valence-corrected chi connectivity index (χ1v) is 7.42. The van der Waals surface area contributed by atoms with Crippen molar-refractivity contribution in [2.45, 2.75) is 11.4 Å². The maximum Gasteiger partial charge on any atom is 0.243 e. The number of sulfonamides is 1. The SMILES string of the molecule is CN1CCN(S(=O)(=O)c2ccc(CN)cc2)CC1=O. The van der Waals surface area contributed by atoms with Crippen molar-refractivity contribution in [3.8, 4) is 0 Å². The first kappa shape index (κ1) is 14.0. The third-order valence-corrected chi connectivity index (χ3v) is 5.08. The molecule has 0 aliphatic carbocycles. The molecule has 0 radical (unpaired) electrons. The quantitative estimate of drug-likeness (QED) is 0.818. The lowest BCUT2D eigenvalue weighted by molar-refractivity contribution is -0.132. The normalized spacial score (nSPS) is 17.8. The molecule has 1 aromatic rings. The van der Waals surface area contributed by atoms with Crippen LogP contribution in [0.3, 0.4) is 0 Å². The monoisotopic (exact) mass is 283 g/mol. The van der Waals surface area contributed by atoms with Gasteiger partial charge in [0, 0.05) is 26.7 Å². The number of likely N-dealkylation sites (N-methyl/N-ethyl adjacent to an activating group) is 1. The van der Waals surface area contributed by atoms with Crippen LogP contribution in [0.5, 0.6) is 0 Å². The second-order valence-electron chi connectivity index (χ2n) is 4.50. The van der Waals surface area contributed by atoms with Gasteiger partial charge in [-0.1, -0.05) is 12.1 Å². The largest absolute Gasteiger partial charge is 0.343 e. The minimum atomic E-state index is -3.60. The molecule has 2 rings (SSSR count). The Kier molecular flexibility index (Phi) is 3.88. The number of nitrogens with zero attached hydrogens (tertiary/aromatic N) is 2. The Morgan fingerprint density at radius 2 is 1.84 bits per heavy atom. The molecule has 0 spiro atoms. The molecule has 19 heavy (non-hydrogen) atoms. The average Bonchev–Trinajstić information content (AvgIpc) is 2.41. The molecule has 7 heteroatoms. The Hall–Kier alpha value is -1.44. The number of benzene rings is 1. The first-order chi connectivity index (χ1) is 8.95. The Labute approximate surface area is 112 Å². The molecular weight excluding hydrogens is 266 g/mol. The molecule has 1 saturated heterocycles. The summed E-state index contributed by atoms with van der Waals surface area (Å²) in [4.78, 5) is 13.3. The smallest absolute Gasteiger partial charge is 0.243 e. The number of hydrogen-bond acceptors (Lipinski definition) is 4. The van der Waals surface area contributed by atoms with Crippen molar-refractivity contribution in [1.29, 1.82) is 0 Å². The van der Waals surface area contributed by atoms with Gasteiger partial charge in [0.05, 0.1) is 11.4 Å². The van der Waals surface area contributed by atoms with Crippen LogP contribution >= 0.6 is 0 Å². The number of piperazine rings is 1. The highest BCUT2D eigenvalue weighted by Gasteiger charge is 2.31. The maximum absolute atomic E-state index is 12.4. The van der Waals surface area contributed by atoms with E-state index in [9.17, 15) is 13.2 Å². The standard InChI is InChI=1S/C12H17N3O3S/c1-14-6-7-15(9-12(14)16)19(17,18)11-4-2-10(8-13)3-5-11/h2-5H,6-9,13H2,1H3. The van der Waals surface area contributed by atoms with E-state index in [1.165, 1.54) is 21.3 Å². The molecule has 1 heterocycles. The summed E-state index contributed by atoms with van der Waals surface area (Å²) in [5, 5.41) is 0.